The summed E-state index contributed by atoms with van der Waals surface area (Å²) in [5.41, 5.74) is 1.65. The molecule has 0 bridgehead atoms. The van der Waals surface area contributed by atoms with Crippen LogP contribution in [-0.4, -0.2) is 45.8 Å². The lowest BCUT2D eigenvalue weighted by Crippen LogP contribution is -2.35. The van der Waals surface area contributed by atoms with Crippen LogP contribution < -0.4 is 5.32 Å². The van der Waals surface area contributed by atoms with Crippen molar-refractivity contribution in [3.05, 3.63) is 41.3 Å². The molecule has 0 aliphatic carbocycles. The number of amides is 2. The van der Waals surface area contributed by atoms with Crippen LogP contribution in [-0.2, 0) is 11.3 Å². The van der Waals surface area contributed by atoms with Crippen molar-refractivity contribution in [2.45, 2.75) is 38.0 Å². The molecule has 1 aliphatic heterocycles. The van der Waals surface area contributed by atoms with E-state index in [0.717, 1.165) is 31.5 Å². The van der Waals surface area contributed by atoms with Crippen LogP contribution in [0, 0.1) is 6.92 Å². The maximum absolute atomic E-state index is 12.4. The van der Waals surface area contributed by atoms with E-state index in [-0.39, 0.29) is 17.6 Å². The number of hydrogen-bond acceptors (Lipinski definition) is 6. The third kappa shape index (κ3) is 5.08. The van der Waals surface area contributed by atoms with Crippen molar-refractivity contribution in [1.29, 1.82) is 0 Å². The molecule has 138 valence electrons. The van der Waals surface area contributed by atoms with Crippen molar-refractivity contribution in [3.8, 4) is 0 Å². The maximum atomic E-state index is 12.4. The van der Waals surface area contributed by atoms with Crippen molar-refractivity contribution in [1.82, 2.24) is 20.4 Å². The molecular weight excluding hydrogens is 352 g/mol. The highest BCUT2D eigenvalue weighted by Gasteiger charge is 2.17. The van der Waals surface area contributed by atoms with Crippen molar-refractivity contribution >= 4 is 23.6 Å². The number of benzene rings is 1. The zero-order valence-electron chi connectivity index (χ0n) is 14.7. The molecule has 1 N–H and O–H groups in total. The van der Waals surface area contributed by atoms with E-state index in [1.165, 1.54) is 18.2 Å². The van der Waals surface area contributed by atoms with E-state index >= 15 is 0 Å². The lowest BCUT2D eigenvalue weighted by molar-refractivity contribution is -0.118. The molecule has 1 aromatic heterocycles. The third-order valence-electron chi connectivity index (χ3n) is 4.17. The van der Waals surface area contributed by atoms with Gasteiger partial charge in [0.1, 0.15) is 0 Å². The fourth-order valence-electron chi connectivity index (χ4n) is 2.76. The lowest BCUT2D eigenvalue weighted by atomic mass is 10.1. The molecule has 1 fully saturated rings. The Morgan fingerprint density at radius 3 is 2.54 bits per heavy atom. The number of likely N-dealkylation sites (tertiary alicyclic amines) is 1. The zero-order chi connectivity index (χ0) is 18.4. The minimum atomic E-state index is -0.112. The lowest BCUT2D eigenvalue weighted by Gasteiger charge is -2.26. The topological polar surface area (TPSA) is 88.3 Å². The zero-order valence-corrected chi connectivity index (χ0v) is 15.6. The van der Waals surface area contributed by atoms with Crippen LogP contribution in [0.3, 0.4) is 0 Å². The Balaban J connectivity index is 1.44. The number of aromatic nitrogens is 2. The third-order valence-corrected chi connectivity index (χ3v) is 4.99. The van der Waals surface area contributed by atoms with E-state index in [0.29, 0.717) is 23.2 Å². The Morgan fingerprint density at radius 2 is 1.88 bits per heavy atom. The Bertz CT molecular complexity index is 754. The van der Waals surface area contributed by atoms with Crippen molar-refractivity contribution in [2.75, 3.05) is 18.8 Å². The summed E-state index contributed by atoms with van der Waals surface area (Å²) in [5, 5.41) is 10.8. The van der Waals surface area contributed by atoms with E-state index in [1.807, 2.05) is 29.2 Å². The van der Waals surface area contributed by atoms with Gasteiger partial charge in [-0.1, -0.05) is 23.9 Å². The molecule has 0 spiro atoms. The fourth-order valence-corrected chi connectivity index (χ4v) is 3.40. The van der Waals surface area contributed by atoms with E-state index in [9.17, 15) is 9.59 Å². The minimum Gasteiger partial charge on any atom is -0.416 e. The number of piperidine rings is 1. The average Bonchev–Trinajstić information content (AvgIpc) is 3.10. The van der Waals surface area contributed by atoms with Crippen LogP contribution in [0.1, 0.15) is 41.1 Å². The Kier molecular flexibility index (Phi) is 6.27. The van der Waals surface area contributed by atoms with Gasteiger partial charge in [0.25, 0.3) is 11.1 Å². The first-order chi connectivity index (χ1) is 12.6. The molecule has 0 atom stereocenters. The van der Waals surface area contributed by atoms with Crippen molar-refractivity contribution in [3.63, 3.8) is 0 Å². The number of aryl methyl sites for hydroxylation is 1. The predicted octanol–water partition coefficient (Wildman–Crippen LogP) is 2.41. The molecule has 3 rings (SSSR count). The predicted molar refractivity (Wildman–Crippen MR) is 97.8 cm³/mol. The minimum absolute atomic E-state index is 0.0894. The highest BCUT2D eigenvalue weighted by Crippen LogP contribution is 2.16. The molecule has 0 radical (unpaired) electrons. The van der Waals surface area contributed by atoms with Gasteiger partial charge in [0.15, 0.2) is 0 Å². The Morgan fingerprint density at radius 1 is 1.15 bits per heavy atom. The molecular formula is C18H22N4O3S. The summed E-state index contributed by atoms with van der Waals surface area (Å²) in [6, 6.07) is 7.42. The quantitative estimate of drug-likeness (QED) is 0.781. The van der Waals surface area contributed by atoms with Gasteiger partial charge in [0.05, 0.1) is 5.75 Å². The first kappa shape index (κ1) is 18.4. The number of nitrogens with one attached hydrogen (secondary N) is 1. The van der Waals surface area contributed by atoms with Gasteiger partial charge < -0.3 is 14.6 Å². The number of hydrogen-bond donors (Lipinski definition) is 1. The van der Waals surface area contributed by atoms with Crippen LogP contribution in [0.5, 0.6) is 0 Å². The van der Waals surface area contributed by atoms with Crippen molar-refractivity contribution in [2.24, 2.45) is 0 Å². The standard InChI is InChI=1S/C18H22N4O3S/c1-13-20-21-18(25-13)26-12-16(23)19-11-14-5-7-15(8-6-14)17(24)22-9-3-2-4-10-22/h5-8H,2-4,9-12H2,1H3,(H,19,23). The SMILES string of the molecule is Cc1nnc(SCC(=O)NCc2ccc(C(=O)N3CCCCC3)cc2)o1. The molecule has 1 aliphatic rings. The maximum Gasteiger partial charge on any atom is 0.277 e. The van der Waals surface area contributed by atoms with Gasteiger partial charge in [-0.05, 0) is 37.0 Å². The molecule has 26 heavy (non-hydrogen) atoms. The summed E-state index contributed by atoms with van der Waals surface area (Å²) in [4.78, 5) is 26.2. The largest absolute Gasteiger partial charge is 0.416 e. The number of rotatable bonds is 6. The highest BCUT2D eigenvalue weighted by atomic mass is 32.2. The normalized spacial score (nSPS) is 14.3. The summed E-state index contributed by atoms with van der Waals surface area (Å²) in [7, 11) is 0. The number of carbonyl (C=O) groups excluding carboxylic acids is 2. The molecule has 1 aromatic carbocycles. The van der Waals surface area contributed by atoms with Gasteiger partial charge in [-0.25, -0.2) is 0 Å². The van der Waals surface area contributed by atoms with Crippen LogP contribution in [0.4, 0.5) is 0 Å². The first-order valence-electron chi connectivity index (χ1n) is 8.69. The smallest absolute Gasteiger partial charge is 0.277 e. The molecule has 2 amide bonds. The van der Waals surface area contributed by atoms with Gasteiger partial charge in [-0.15, -0.1) is 10.2 Å². The first-order valence-corrected chi connectivity index (χ1v) is 9.68. The second kappa shape index (κ2) is 8.84. The molecule has 2 heterocycles. The molecule has 2 aromatic rings. The van der Waals surface area contributed by atoms with E-state index in [2.05, 4.69) is 15.5 Å². The second-order valence-electron chi connectivity index (χ2n) is 6.20. The van der Waals surface area contributed by atoms with Gasteiger partial charge >= 0.3 is 0 Å². The monoisotopic (exact) mass is 374 g/mol. The second-order valence-corrected chi connectivity index (χ2v) is 7.13. The molecule has 1 saturated heterocycles. The van der Waals surface area contributed by atoms with Gasteiger partial charge in [-0.3, -0.25) is 9.59 Å². The van der Waals surface area contributed by atoms with E-state index in [4.69, 9.17) is 4.42 Å². The van der Waals surface area contributed by atoms with Crippen LogP contribution in [0.15, 0.2) is 33.9 Å². The van der Waals surface area contributed by atoms with Crippen LogP contribution >= 0.6 is 11.8 Å². The van der Waals surface area contributed by atoms with Crippen LogP contribution in [0.2, 0.25) is 0 Å². The fraction of sp³-hybridized carbons (Fsp3) is 0.444. The highest BCUT2D eigenvalue weighted by molar-refractivity contribution is 7.99. The molecule has 0 unspecified atom stereocenters. The number of thioether (sulfide) groups is 1. The molecule has 0 saturated carbocycles. The summed E-state index contributed by atoms with van der Waals surface area (Å²) < 4.78 is 5.21. The average molecular weight is 374 g/mol. The Hall–Kier alpha value is -2.35. The molecule has 7 nitrogen and oxygen atoms in total. The molecule has 8 heteroatoms. The Labute approximate surface area is 156 Å². The van der Waals surface area contributed by atoms with E-state index in [1.54, 1.807) is 6.92 Å². The van der Waals surface area contributed by atoms with Gasteiger partial charge in [-0.2, -0.15) is 0 Å². The van der Waals surface area contributed by atoms with E-state index < -0.39 is 0 Å². The van der Waals surface area contributed by atoms with Crippen molar-refractivity contribution < 1.29 is 14.0 Å². The summed E-state index contributed by atoms with van der Waals surface area (Å²) in [5.74, 6) is 0.672. The number of carbonyl (C=O) groups is 2. The van der Waals surface area contributed by atoms with Gasteiger partial charge in [0.2, 0.25) is 11.8 Å². The van der Waals surface area contributed by atoms with Crippen LogP contribution in [0.25, 0.3) is 0 Å². The summed E-state index contributed by atoms with van der Waals surface area (Å²) >= 11 is 1.20. The van der Waals surface area contributed by atoms with Gasteiger partial charge in [0, 0.05) is 32.1 Å². The number of nitrogens with zero attached hydrogens (tertiary/aromatic N) is 3. The summed E-state index contributed by atoms with van der Waals surface area (Å²) in [6.45, 7) is 3.80. The summed E-state index contributed by atoms with van der Waals surface area (Å²) in [6.07, 6.45) is 3.36.